The number of nitrogens with zero attached hydrogens (tertiary/aromatic N) is 3. The van der Waals surface area contributed by atoms with E-state index >= 15 is 0 Å². The Bertz CT molecular complexity index is 501. The van der Waals surface area contributed by atoms with Crippen molar-refractivity contribution in [2.75, 3.05) is 13.1 Å². The summed E-state index contributed by atoms with van der Waals surface area (Å²) in [6, 6.07) is 0. The maximum absolute atomic E-state index is 11.2. The third-order valence-corrected chi connectivity index (χ3v) is 3.52. The van der Waals surface area contributed by atoms with Gasteiger partial charge in [0.05, 0.1) is 18.4 Å². The zero-order valence-corrected chi connectivity index (χ0v) is 11.2. The second-order valence-electron chi connectivity index (χ2n) is 4.87. The van der Waals surface area contributed by atoms with Crippen LogP contribution in [-0.4, -0.2) is 50.3 Å². The summed E-state index contributed by atoms with van der Waals surface area (Å²) in [4.78, 5) is 28.2. The Morgan fingerprint density at radius 3 is 2.60 bits per heavy atom. The van der Waals surface area contributed by atoms with Gasteiger partial charge in [-0.05, 0) is 13.0 Å². The van der Waals surface area contributed by atoms with E-state index < -0.39 is 23.8 Å². The largest absolute Gasteiger partial charge is 0.481 e. The van der Waals surface area contributed by atoms with Crippen molar-refractivity contribution in [2.45, 2.75) is 26.3 Å². The van der Waals surface area contributed by atoms with Crippen molar-refractivity contribution in [3.8, 4) is 0 Å². The Balaban J connectivity index is 2.01. The standard InChI is InChI=1S/C12H17N3O5/c1-2-9-13-10(20-14-9)6-15-4-3-7(11(16)17)8(5-15)12(18)19/h7-8H,2-6H2,1H3,(H,16,17)(H,18,19). The summed E-state index contributed by atoms with van der Waals surface area (Å²) >= 11 is 0. The van der Waals surface area contributed by atoms with Gasteiger partial charge in [-0.25, -0.2) is 0 Å². The Morgan fingerprint density at radius 2 is 2.05 bits per heavy atom. The second-order valence-corrected chi connectivity index (χ2v) is 4.87. The normalized spacial score (nSPS) is 23.6. The molecule has 1 aromatic heterocycles. The number of aliphatic carboxylic acids is 2. The molecule has 0 aliphatic carbocycles. The first-order valence-corrected chi connectivity index (χ1v) is 6.50. The third-order valence-electron chi connectivity index (χ3n) is 3.52. The number of rotatable bonds is 5. The molecule has 1 aliphatic rings. The van der Waals surface area contributed by atoms with E-state index in [1.807, 2.05) is 11.8 Å². The van der Waals surface area contributed by atoms with Gasteiger partial charge in [0.25, 0.3) is 0 Å². The van der Waals surface area contributed by atoms with Crippen LogP contribution >= 0.6 is 0 Å². The van der Waals surface area contributed by atoms with E-state index in [1.54, 1.807) is 0 Å². The Kier molecular flexibility index (Phi) is 4.33. The zero-order valence-electron chi connectivity index (χ0n) is 11.2. The average molecular weight is 283 g/mol. The fourth-order valence-electron chi connectivity index (χ4n) is 2.40. The van der Waals surface area contributed by atoms with Crippen LogP contribution in [0.15, 0.2) is 4.52 Å². The van der Waals surface area contributed by atoms with Gasteiger partial charge in [0.2, 0.25) is 5.89 Å². The van der Waals surface area contributed by atoms with Crippen LogP contribution in [0.1, 0.15) is 25.1 Å². The lowest BCUT2D eigenvalue weighted by Gasteiger charge is -2.33. The maximum atomic E-state index is 11.2. The molecule has 0 radical (unpaired) electrons. The summed E-state index contributed by atoms with van der Waals surface area (Å²) in [7, 11) is 0. The lowest BCUT2D eigenvalue weighted by Crippen LogP contribution is -2.46. The van der Waals surface area contributed by atoms with Gasteiger partial charge in [-0.15, -0.1) is 0 Å². The van der Waals surface area contributed by atoms with Crippen molar-refractivity contribution in [2.24, 2.45) is 11.8 Å². The first-order chi connectivity index (χ1) is 9.51. The predicted molar refractivity (Wildman–Crippen MR) is 65.8 cm³/mol. The summed E-state index contributed by atoms with van der Waals surface area (Å²) < 4.78 is 5.06. The topological polar surface area (TPSA) is 117 Å². The van der Waals surface area contributed by atoms with E-state index in [1.165, 1.54) is 0 Å². The van der Waals surface area contributed by atoms with Crippen molar-refractivity contribution in [3.63, 3.8) is 0 Å². The molecule has 2 atom stereocenters. The number of likely N-dealkylation sites (tertiary alicyclic amines) is 1. The summed E-state index contributed by atoms with van der Waals surface area (Å²) in [5, 5.41) is 22.0. The Morgan fingerprint density at radius 1 is 1.35 bits per heavy atom. The van der Waals surface area contributed by atoms with Gasteiger partial charge < -0.3 is 14.7 Å². The van der Waals surface area contributed by atoms with Crippen LogP contribution in [0.5, 0.6) is 0 Å². The highest BCUT2D eigenvalue weighted by Gasteiger charge is 2.38. The summed E-state index contributed by atoms with van der Waals surface area (Å²) in [5.41, 5.74) is 0. The summed E-state index contributed by atoms with van der Waals surface area (Å²) in [6.07, 6.45) is 0.976. The molecule has 0 amide bonds. The number of carboxylic acids is 2. The maximum Gasteiger partial charge on any atom is 0.308 e. The highest BCUT2D eigenvalue weighted by Crippen LogP contribution is 2.25. The molecule has 1 aliphatic heterocycles. The lowest BCUT2D eigenvalue weighted by molar-refractivity contribution is -0.157. The molecule has 1 saturated heterocycles. The van der Waals surface area contributed by atoms with Crippen molar-refractivity contribution in [1.82, 2.24) is 15.0 Å². The molecular weight excluding hydrogens is 266 g/mol. The molecule has 1 fully saturated rings. The highest BCUT2D eigenvalue weighted by molar-refractivity contribution is 5.80. The van der Waals surface area contributed by atoms with Crippen molar-refractivity contribution >= 4 is 11.9 Å². The molecule has 0 aromatic carbocycles. The molecule has 20 heavy (non-hydrogen) atoms. The van der Waals surface area contributed by atoms with Gasteiger partial charge in [0.1, 0.15) is 0 Å². The van der Waals surface area contributed by atoms with E-state index in [9.17, 15) is 9.59 Å². The second kappa shape index (κ2) is 6.00. The van der Waals surface area contributed by atoms with Crippen LogP contribution in [0, 0.1) is 11.8 Å². The minimum atomic E-state index is -1.08. The summed E-state index contributed by atoms with van der Waals surface area (Å²) in [6.45, 7) is 2.94. The lowest BCUT2D eigenvalue weighted by atomic mass is 9.85. The fraction of sp³-hybridized carbons (Fsp3) is 0.667. The number of carbonyl (C=O) groups is 2. The van der Waals surface area contributed by atoms with Crippen molar-refractivity contribution in [1.29, 1.82) is 0 Å². The minimum absolute atomic E-state index is 0.177. The van der Waals surface area contributed by atoms with Gasteiger partial charge >= 0.3 is 11.9 Å². The smallest absolute Gasteiger partial charge is 0.308 e. The molecule has 1 aromatic rings. The van der Waals surface area contributed by atoms with E-state index in [0.717, 1.165) is 0 Å². The van der Waals surface area contributed by atoms with Gasteiger partial charge in [0.15, 0.2) is 5.82 Å². The SMILES string of the molecule is CCc1noc(CN2CCC(C(=O)O)C(C(=O)O)C2)n1. The van der Waals surface area contributed by atoms with Crippen LogP contribution in [0.4, 0.5) is 0 Å². The number of hydrogen-bond acceptors (Lipinski definition) is 6. The van der Waals surface area contributed by atoms with Crippen molar-refractivity contribution < 1.29 is 24.3 Å². The van der Waals surface area contributed by atoms with E-state index in [0.29, 0.717) is 37.6 Å². The predicted octanol–water partition coefficient (Wildman–Crippen LogP) is 0.239. The number of carboxylic acid groups (broad SMARTS) is 2. The Labute approximate surface area is 115 Å². The molecule has 8 nitrogen and oxygen atoms in total. The molecular formula is C12H17N3O5. The first-order valence-electron chi connectivity index (χ1n) is 6.50. The van der Waals surface area contributed by atoms with Crippen LogP contribution < -0.4 is 0 Å². The van der Waals surface area contributed by atoms with Crippen LogP contribution in [-0.2, 0) is 22.6 Å². The number of hydrogen-bond donors (Lipinski definition) is 2. The van der Waals surface area contributed by atoms with Gasteiger partial charge in [-0.2, -0.15) is 4.98 Å². The van der Waals surface area contributed by atoms with Crippen LogP contribution in [0.25, 0.3) is 0 Å². The highest BCUT2D eigenvalue weighted by atomic mass is 16.5. The Hall–Kier alpha value is -1.96. The van der Waals surface area contributed by atoms with Crippen LogP contribution in [0.3, 0.4) is 0 Å². The minimum Gasteiger partial charge on any atom is -0.481 e. The van der Waals surface area contributed by atoms with Gasteiger partial charge in [-0.3, -0.25) is 14.5 Å². The van der Waals surface area contributed by atoms with Crippen molar-refractivity contribution in [3.05, 3.63) is 11.7 Å². The molecule has 0 bridgehead atoms. The van der Waals surface area contributed by atoms with E-state index in [2.05, 4.69) is 10.1 Å². The quantitative estimate of drug-likeness (QED) is 0.789. The number of aryl methyl sites for hydroxylation is 1. The molecule has 2 unspecified atom stereocenters. The van der Waals surface area contributed by atoms with E-state index in [-0.39, 0.29) is 6.54 Å². The first kappa shape index (κ1) is 14.4. The van der Waals surface area contributed by atoms with Gasteiger partial charge in [0, 0.05) is 13.0 Å². The molecule has 2 rings (SSSR count). The fourth-order valence-corrected chi connectivity index (χ4v) is 2.40. The molecule has 8 heteroatoms. The molecule has 0 saturated carbocycles. The zero-order chi connectivity index (χ0) is 14.7. The molecule has 2 N–H and O–H groups in total. The van der Waals surface area contributed by atoms with E-state index in [4.69, 9.17) is 14.7 Å². The number of aromatic nitrogens is 2. The summed E-state index contributed by atoms with van der Waals surface area (Å²) in [5.74, 6) is -2.84. The van der Waals surface area contributed by atoms with Crippen LogP contribution in [0.2, 0.25) is 0 Å². The number of piperidine rings is 1. The molecule has 2 heterocycles. The monoisotopic (exact) mass is 283 g/mol. The third kappa shape index (κ3) is 3.13. The van der Waals surface area contributed by atoms with Gasteiger partial charge in [-0.1, -0.05) is 12.1 Å². The molecule has 0 spiro atoms. The molecule has 110 valence electrons. The average Bonchev–Trinajstić information content (AvgIpc) is 2.86.